The Bertz CT molecular complexity index is 1350. The van der Waals surface area contributed by atoms with E-state index in [0.717, 1.165) is 0 Å². The lowest BCUT2D eigenvalue weighted by Gasteiger charge is -2.25. The number of carbonyl (C=O) groups is 1. The number of carbonyl (C=O) groups excluding carboxylic acids is 1. The van der Waals surface area contributed by atoms with Gasteiger partial charge in [-0.05, 0) is 38.5 Å². The van der Waals surface area contributed by atoms with Crippen molar-refractivity contribution in [3.8, 4) is 5.75 Å². The van der Waals surface area contributed by atoms with Crippen LogP contribution in [-0.4, -0.2) is 61.6 Å². The molecule has 1 aromatic carbocycles. The molecule has 0 bridgehead atoms. The lowest BCUT2D eigenvalue weighted by molar-refractivity contribution is -0.149. The summed E-state index contributed by atoms with van der Waals surface area (Å²) in [7, 11) is -4.23. The Labute approximate surface area is 218 Å². The van der Waals surface area contributed by atoms with Crippen molar-refractivity contribution in [1.29, 1.82) is 0 Å². The molecule has 2 heterocycles. The number of nitrogen functional groups attached to an aromatic ring is 1. The molecule has 1 unspecified atom stereocenters. The first-order valence-corrected chi connectivity index (χ1v) is 13.5. The first kappa shape index (κ1) is 27.6. The standard InChI is InChI=1S/C24H30FN6O6P/c1-13(2)36-24(33)15(4)30-38(34,37-16-8-6-5-7-9-16)35-10-17-14(3)20(18(25)21(17)32)31-12-29-19-22(26)27-11-28-23(19)31/h5-9,11-13,15,17-18,20-21,32H,3,10H2,1-2,4H3,(H,30,34)(H2,26,27,28)/t15-,17-,18+,20+,21+,38?/m0/s1. The van der Waals surface area contributed by atoms with Gasteiger partial charge in [-0.2, -0.15) is 5.09 Å². The fraction of sp³-hybridized carbons (Fsp3) is 0.417. The summed E-state index contributed by atoms with van der Waals surface area (Å²) in [6, 6.07) is 6.10. The molecule has 4 rings (SSSR count). The van der Waals surface area contributed by atoms with Gasteiger partial charge in [0, 0.05) is 5.92 Å². The zero-order valence-electron chi connectivity index (χ0n) is 21.1. The minimum Gasteiger partial charge on any atom is -0.462 e. The van der Waals surface area contributed by atoms with E-state index >= 15 is 4.39 Å². The molecule has 204 valence electrons. The summed E-state index contributed by atoms with van der Waals surface area (Å²) in [5, 5.41) is 13.3. The summed E-state index contributed by atoms with van der Waals surface area (Å²) in [6.07, 6.45) is -1.16. The summed E-state index contributed by atoms with van der Waals surface area (Å²) in [5.41, 5.74) is 6.67. The minimum atomic E-state index is -4.23. The molecule has 0 spiro atoms. The van der Waals surface area contributed by atoms with Crippen molar-refractivity contribution in [2.75, 3.05) is 12.3 Å². The van der Waals surface area contributed by atoms with E-state index in [1.165, 1.54) is 24.1 Å². The van der Waals surface area contributed by atoms with Crippen LogP contribution in [0, 0.1) is 5.92 Å². The Morgan fingerprint density at radius 1 is 1.26 bits per heavy atom. The summed E-state index contributed by atoms with van der Waals surface area (Å²) >= 11 is 0. The molecule has 0 aliphatic heterocycles. The fourth-order valence-corrected chi connectivity index (χ4v) is 5.69. The van der Waals surface area contributed by atoms with Gasteiger partial charge in [0.1, 0.15) is 23.6 Å². The number of aliphatic hydroxyl groups is 1. The summed E-state index contributed by atoms with van der Waals surface area (Å²) in [6.45, 7) is 8.37. The van der Waals surface area contributed by atoms with Crippen molar-refractivity contribution in [1.82, 2.24) is 24.6 Å². The van der Waals surface area contributed by atoms with Gasteiger partial charge < -0.3 is 24.7 Å². The largest absolute Gasteiger partial charge is 0.462 e. The molecule has 14 heteroatoms. The van der Waals surface area contributed by atoms with Crippen molar-refractivity contribution in [2.24, 2.45) is 5.92 Å². The number of nitrogens with one attached hydrogen (secondary N) is 1. The number of hydrogen-bond acceptors (Lipinski definition) is 10. The van der Waals surface area contributed by atoms with Crippen LogP contribution in [0.1, 0.15) is 26.8 Å². The third-order valence-electron chi connectivity index (χ3n) is 6.03. The Morgan fingerprint density at radius 3 is 2.66 bits per heavy atom. The molecule has 12 nitrogen and oxygen atoms in total. The van der Waals surface area contributed by atoms with Gasteiger partial charge >= 0.3 is 13.7 Å². The second-order valence-electron chi connectivity index (χ2n) is 9.18. The Balaban J connectivity index is 1.55. The van der Waals surface area contributed by atoms with E-state index in [-0.39, 0.29) is 28.3 Å². The van der Waals surface area contributed by atoms with Crippen LogP contribution in [0.5, 0.6) is 5.75 Å². The van der Waals surface area contributed by atoms with Gasteiger partial charge in [0.15, 0.2) is 17.6 Å². The van der Waals surface area contributed by atoms with Gasteiger partial charge in [-0.15, -0.1) is 0 Å². The predicted octanol–water partition coefficient (Wildman–Crippen LogP) is 2.97. The average Bonchev–Trinajstić information content (AvgIpc) is 3.37. The van der Waals surface area contributed by atoms with Gasteiger partial charge in [0.25, 0.3) is 0 Å². The Morgan fingerprint density at radius 2 is 1.97 bits per heavy atom. The van der Waals surface area contributed by atoms with Gasteiger partial charge in [-0.3, -0.25) is 9.32 Å². The molecule has 38 heavy (non-hydrogen) atoms. The molecule has 1 fully saturated rings. The van der Waals surface area contributed by atoms with Crippen LogP contribution in [0.3, 0.4) is 0 Å². The molecule has 3 aromatic rings. The molecule has 1 saturated carbocycles. The number of anilines is 1. The van der Waals surface area contributed by atoms with Crippen LogP contribution in [0.25, 0.3) is 11.2 Å². The molecular formula is C24H30FN6O6P. The molecule has 1 aliphatic rings. The number of fused-ring (bicyclic) bond motifs is 1. The van der Waals surface area contributed by atoms with Crippen LogP contribution in [0.15, 0.2) is 55.1 Å². The SMILES string of the molecule is C=C1[C@@H](n2cnc3c(N)ncnc32)[C@@H](F)[C@H](O)[C@H]1COP(=O)(N[C@@H](C)C(=O)OC(C)C)Oc1ccccc1. The maximum Gasteiger partial charge on any atom is 0.459 e. The van der Waals surface area contributed by atoms with Crippen LogP contribution < -0.4 is 15.3 Å². The van der Waals surface area contributed by atoms with E-state index in [0.29, 0.717) is 0 Å². The van der Waals surface area contributed by atoms with Crippen LogP contribution in [-0.2, 0) is 18.6 Å². The fourth-order valence-electron chi connectivity index (χ4n) is 4.18. The van der Waals surface area contributed by atoms with E-state index in [1.807, 2.05) is 0 Å². The number of halogens is 1. The maximum atomic E-state index is 15.4. The van der Waals surface area contributed by atoms with Gasteiger partial charge in [-0.25, -0.2) is 23.9 Å². The van der Waals surface area contributed by atoms with Gasteiger partial charge in [-0.1, -0.05) is 24.8 Å². The van der Waals surface area contributed by atoms with Crippen molar-refractivity contribution >= 4 is 30.7 Å². The highest BCUT2D eigenvalue weighted by molar-refractivity contribution is 7.52. The first-order chi connectivity index (χ1) is 18.0. The van der Waals surface area contributed by atoms with Crippen LogP contribution >= 0.6 is 7.75 Å². The molecule has 6 atom stereocenters. The van der Waals surface area contributed by atoms with E-state index in [9.17, 15) is 14.5 Å². The lowest BCUT2D eigenvalue weighted by atomic mass is 10.0. The smallest absolute Gasteiger partial charge is 0.459 e. The van der Waals surface area contributed by atoms with Crippen molar-refractivity contribution in [2.45, 2.75) is 51.2 Å². The zero-order valence-corrected chi connectivity index (χ0v) is 22.0. The second-order valence-corrected chi connectivity index (χ2v) is 10.9. The number of nitrogens with two attached hydrogens (primary N) is 1. The Hall–Kier alpha value is -3.38. The number of para-hydroxylation sites is 1. The topological polar surface area (TPSA) is 164 Å². The van der Waals surface area contributed by atoms with E-state index in [4.69, 9.17) is 19.5 Å². The van der Waals surface area contributed by atoms with Gasteiger partial charge in [0.05, 0.1) is 31.2 Å². The summed E-state index contributed by atoms with van der Waals surface area (Å²) in [4.78, 5) is 24.5. The number of rotatable bonds is 10. The molecular weight excluding hydrogens is 518 g/mol. The van der Waals surface area contributed by atoms with Gasteiger partial charge in [0.2, 0.25) is 0 Å². The maximum absolute atomic E-state index is 15.4. The third-order valence-corrected chi connectivity index (χ3v) is 7.68. The summed E-state index contributed by atoms with van der Waals surface area (Å²) in [5.74, 6) is -1.30. The van der Waals surface area contributed by atoms with Crippen molar-refractivity contribution in [3.05, 3.63) is 55.1 Å². The molecule has 0 saturated heterocycles. The van der Waals surface area contributed by atoms with Crippen LogP contribution in [0.4, 0.5) is 10.2 Å². The van der Waals surface area contributed by atoms with E-state index in [2.05, 4.69) is 26.6 Å². The molecule has 0 amide bonds. The normalized spacial score (nSPS) is 23.9. The number of ether oxygens (including phenoxy) is 1. The number of aromatic nitrogens is 4. The highest BCUT2D eigenvalue weighted by Gasteiger charge is 2.48. The number of esters is 1. The highest BCUT2D eigenvalue weighted by atomic mass is 31.2. The van der Waals surface area contributed by atoms with Crippen molar-refractivity contribution in [3.63, 3.8) is 0 Å². The van der Waals surface area contributed by atoms with Crippen molar-refractivity contribution < 1.29 is 32.6 Å². The molecule has 2 aromatic heterocycles. The van der Waals surface area contributed by atoms with E-state index in [1.54, 1.807) is 44.2 Å². The van der Waals surface area contributed by atoms with Crippen LogP contribution in [0.2, 0.25) is 0 Å². The Kier molecular flexibility index (Phi) is 8.12. The number of alkyl halides is 1. The second kappa shape index (κ2) is 11.2. The number of hydrogen-bond donors (Lipinski definition) is 3. The molecule has 4 N–H and O–H groups in total. The molecule has 0 radical (unpaired) electrons. The lowest BCUT2D eigenvalue weighted by Crippen LogP contribution is -2.37. The average molecular weight is 549 g/mol. The minimum absolute atomic E-state index is 0.128. The first-order valence-electron chi connectivity index (χ1n) is 11.9. The zero-order chi connectivity index (χ0) is 27.6. The monoisotopic (exact) mass is 548 g/mol. The number of aliphatic hydroxyl groups excluding tert-OH is 1. The number of imidazole rings is 1. The molecule has 1 aliphatic carbocycles. The predicted molar refractivity (Wildman–Crippen MR) is 137 cm³/mol. The third kappa shape index (κ3) is 5.70. The number of benzene rings is 1. The summed E-state index contributed by atoms with van der Waals surface area (Å²) < 4.78 is 47.0. The quantitative estimate of drug-likeness (QED) is 0.194. The number of nitrogens with zero attached hydrogens (tertiary/aromatic N) is 4. The highest BCUT2D eigenvalue weighted by Crippen LogP contribution is 2.49. The van der Waals surface area contributed by atoms with E-state index < -0.39 is 56.7 Å².